The van der Waals surface area contributed by atoms with E-state index >= 15 is 0 Å². The molecule has 6 nitrogen and oxygen atoms in total. The number of aromatic nitrogens is 2. The van der Waals surface area contributed by atoms with Crippen LogP contribution in [-0.2, 0) is 6.42 Å². The Morgan fingerprint density at radius 2 is 2.29 bits per heavy atom. The molecule has 3 rings (SSSR count). The van der Waals surface area contributed by atoms with Crippen LogP contribution in [0.2, 0.25) is 0 Å². The number of rotatable bonds is 2. The van der Waals surface area contributed by atoms with Gasteiger partial charge in [-0.3, -0.25) is 4.79 Å². The van der Waals surface area contributed by atoms with Gasteiger partial charge in [0.2, 0.25) is 5.95 Å². The molecule has 104 valence electrons. The van der Waals surface area contributed by atoms with Crippen molar-refractivity contribution in [1.29, 1.82) is 5.26 Å². The molecule has 1 aliphatic carbocycles. The number of anilines is 2. The Balaban J connectivity index is 1.88. The number of hydrogen-bond donors (Lipinski definition) is 2. The summed E-state index contributed by atoms with van der Waals surface area (Å²) in [6.45, 7) is 0. The summed E-state index contributed by atoms with van der Waals surface area (Å²) in [5.41, 5.74) is 2.26. The van der Waals surface area contributed by atoms with Crippen molar-refractivity contribution in [3.05, 3.63) is 47.3 Å². The highest BCUT2D eigenvalue weighted by molar-refractivity contribution is 6.01. The fraction of sp³-hybridized carbons (Fsp3) is 0.200. The van der Waals surface area contributed by atoms with Gasteiger partial charge >= 0.3 is 0 Å². The smallest absolute Gasteiger partial charge is 0.227 e. The van der Waals surface area contributed by atoms with Gasteiger partial charge in [0.25, 0.3) is 0 Å². The summed E-state index contributed by atoms with van der Waals surface area (Å²) in [5, 5.41) is 21.4. The number of nitriles is 1. The van der Waals surface area contributed by atoms with E-state index in [1.807, 2.05) is 0 Å². The van der Waals surface area contributed by atoms with Crippen LogP contribution < -0.4 is 5.32 Å². The van der Waals surface area contributed by atoms with E-state index < -0.39 is 6.10 Å². The molecule has 1 aromatic heterocycles. The zero-order valence-electron chi connectivity index (χ0n) is 11.1. The molecule has 1 unspecified atom stereocenters. The van der Waals surface area contributed by atoms with Crippen molar-refractivity contribution < 1.29 is 9.90 Å². The second-order valence-corrected chi connectivity index (χ2v) is 4.79. The van der Waals surface area contributed by atoms with E-state index in [9.17, 15) is 9.90 Å². The van der Waals surface area contributed by atoms with Gasteiger partial charge in [0, 0.05) is 11.9 Å². The SMILES string of the molecule is N#Cc1cccc(Nc2ncc3c(n2)CCC(O)C3=O)c1. The van der Waals surface area contributed by atoms with E-state index in [4.69, 9.17) is 5.26 Å². The van der Waals surface area contributed by atoms with Gasteiger partial charge in [0.15, 0.2) is 5.78 Å². The van der Waals surface area contributed by atoms with E-state index in [1.54, 1.807) is 24.3 Å². The first-order valence-electron chi connectivity index (χ1n) is 6.53. The number of fused-ring (bicyclic) bond motifs is 1. The molecular weight excluding hydrogens is 268 g/mol. The van der Waals surface area contributed by atoms with Gasteiger partial charge in [0.1, 0.15) is 6.10 Å². The molecular formula is C15H12N4O2. The lowest BCUT2D eigenvalue weighted by atomic mass is 9.94. The number of aryl methyl sites for hydroxylation is 1. The molecule has 1 aromatic carbocycles. The maximum atomic E-state index is 11.8. The number of hydrogen-bond acceptors (Lipinski definition) is 6. The Labute approximate surface area is 121 Å². The molecule has 0 saturated heterocycles. The summed E-state index contributed by atoms with van der Waals surface area (Å²) < 4.78 is 0. The number of Topliss-reactive ketones (excluding diaryl/α,β-unsaturated/α-hetero) is 1. The summed E-state index contributed by atoms with van der Waals surface area (Å²) in [4.78, 5) is 20.2. The lowest BCUT2D eigenvalue weighted by Gasteiger charge is -2.18. The Hall–Kier alpha value is -2.78. The quantitative estimate of drug-likeness (QED) is 0.866. The molecule has 2 N–H and O–H groups in total. The molecule has 0 spiro atoms. The van der Waals surface area contributed by atoms with E-state index in [0.29, 0.717) is 41.3 Å². The average molecular weight is 280 g/mol. The maximum absolute atomic E-state index is 11.8. The van der Waals surface area contributed by atoms with Crippen LogP contribution in [0.5, 0.6) is 0 Å². The molecule has 0 saturated carbocycles. The molecule has 1 heterocycles. The molecule has 21 heavy (non-hydrogen) atoms. The first-order valence-corrected chi connectivity index (χ1v) is 6.53. The van der Waals surface area contributed by atoms with Gasteiger partial charge in [-0.25, -0.2) is 9.97 Å². The fourth-order valence-corrected chi connectivity index (χ4v) is 2.25. The number of carbonyl (C=O) groups is 1. The van der Waals surface area contributed by atoms with E-state index in [2.05, 4.69) is 21.4 Å². The zero-order valence-corrected chi connectivity index (χ0v) is 11.1. The highest BCUT2D eigenvalue weighted by Gasteiger charge is 2.27. The van der Waals surface area contributed by atoms with Crippen LogP contribution >= 0.6 is 0 Å². The number of aliphatic hydroxyl groups excluding tert-OH is 1. The van der Waals surface area contributed by atoms with Crippen molar-refractivity contribution >= 4 is 17.4 Å². The van der Waals surface area contributed by atoms with E-state index in [1.165, 1.54) is 6.20 Å². The predicted molar refractivity (Wildman–Crippen MR) is 75.1 cm³/mol. The number of aliphatic hydroxyl groups is 1. The predicted octanol–water partition coefficient (Wildman–Crippen LogP) is 1.58. The molecule has 1 atom stereocenters. The summed E-state index contributed by atoms with van der Waals surface area (Å²) in [7, 11) is 0. The van der Waals surface area contributed by atoms with Gasteiger partial charge in [-0.1, -0.05) is 6.07 Å². The van der Waals surface area contributed by atoms with E-state index in [-0.39, 0.29) is 5.78 Å². The minimum absolute atomic E-state index is 0.325. The lowest BCUT2D eigenvalue weighted by molar-refractivity contribution is 0.0710. The summed E-state index contributed by atoms with van der Waals surface area (Å²) in [6, 6.07) is 9.03. The number of carbonyl (C=O) groups excluding carboxylic acids is 1. The Morgan fingerprint density at radius 1 is 1.43 bits per heavy atom. The van der Waals surface area contributed by atoms with Gasteiger partial charge < -0.3 is 10.4 Å². The van der Waals surface area contributed by atoms with Crippen molar-refractivity contribution in [2.75, 3.05) is 5.32 Å². The third-order valence-corrected chi connectivity index (χ3v) is 3.34. The standard InChI is InChI=1S/C15H12N4O2/c16-7-9-2-1-3-10(6-9)18-15-17-8-11-12(19-15)4-5-13(20)14(11)21/h1-3,6,8,13,20H,4-5H2,(H,17,18,19). The molecule has 2 aromatic rings. The second-order valence-electron chi connectivity index (χ2n) is 4.79. The first-order chi connectivity index (χ1) is 10.2. The van der Waals surface area contributed by atoms with Gasteiger partial charge in [-0.2, -0.15) is 5.26 Å². The van der Waals surface area contributed by atoms with Gasteiger partial charge in [-0.05, 0) is 31.0 Å². The Morgan fingerprint density at radius 3 is 3.10 bits per heavy atom. The van der Waals surface area contributed by atoms with Crippen molar-refractivity contribution in [3.63, 3.8) is 0 Å². The molecule has 0 fully saturated rings. The molecule has 0 bridgehead atoms. The molecule has 0 aliphatic heterocycles. The number of ketones is 1. The maximum Gasteiger partial charge on any atom is 0.227 e. The fourth-order valence-electron chi connectivity index (χ4n) is 2.25. The Bertz CT molecular complexity index is 752. The van der Waals surface area contributed by atoms with Crippen molar-refractivity contribution in [1.82, 2.24) is 9.97 Å². The average Bonchev–Trinajstić information content (AvgIpc) is 2.51. The summed E-state index contributed by atoms with van der Waals surface area (Å²) in [5.74, 6) is 0.0438. The van der Waals surface area contributed by atoms with Crippen LogP contribution in [0.4, 0.5) is 11.6 Å². The van der Waals surface area contributed by atoms with Crippen LogP contribution in [0.15, 0.2) is 30.5 Å². The van der Waals surface area contributed by atoms with Crippen LogP contribution in [0.25, 0.3) is 0 Å². The zero-order chi connectivity index (χ0) is 14.8. The number of nitrogens with zero attached hydrogens (tertiary/aromatic N) is 3. The number of benzene rings is 1. The second kappa shape index (κ2) is 5.31. The summed E-state index contributed by atoms with van der Waals surface area (Å²) in [6.07, 6.45) is 1.40. The Kier molecular flexibility index (Phi) is 3.34. The third-order valence-electron chi connectivity index (χ3n) is 3.34. The van der Waals surface area contributed by atoms with Crippen LogP contribution in [-0.4, -0.2) is 27.0 Å². The summed E-state index contributed by atoms with van der Waals surface area (Å²) >= 11 is 0. The highest BCUT2D eigenvalue weighted by Crippen LogP contribution is 2.21. The van der Waals surface area contributed by atoms with Crippen molar-refractivity contribution in [2.45, 2.75) is 18.9 Å². The minimum atomic E-state index is -0.952. The van der Waals surface area contributed by atoms with Gasteiger partial charge in [-0.15, -0.1) is 0 Å². The molecule has 1 aliphatic rings. The topological polar surface area (TPSA) is 98.9 Å². The molecule has 0 amide bonds. The molecule has 6 heteroatoms. The largest absolute Gasteiger partial charge is 0.385 e. The number of nitrogens with one attached hydrogen (secondary N) is 1. The third kappa shape index (κ3) is 2.59. The van der Waals surface area contributed by atoms with Crippen LogP contribution in [0.1, 0.15) is 28.0 Å². The normalized spacial score (nSPS) is 17.0. The van der Waals surface area contributed by atoms with Gasteiger partial charge in [0.05, 0.1) is 22.9 Å². The minimum Gasteiger partial charge on any atom is -0.385 e. The van der Waals surface area contributed by atoms with Crippen LogP contribution in [0.3, 0.4) is 0 Å². The van der Waals surface area contributed by atoms with Crippen molar-refractivity contribution in [3.8, 4) is 6.07 Å². The monoisotopic (exact) mass is 280 g/mol. The van der Waals surface area contributed by atoms with Crippen molar-refractivity contribution in [2.24, 2.45) is 0 Å². The first kappa shape index (κ1) is 13.2. The molecule has 0 radical (unpaired) electrons. The highest BCUT2D eigenvalue weighted by atomic mass is 16.3. The lowest BCUT2D eigenvalue weighted by Crippen LogP contribution is -2.28. The van der Waals surface area contributed by atoms with Crippen LogP contribution in [0, 0.1) is 11.3 Å². The van der Waals surface area contributed by atoms with E-state index in [0.717, 1.165) is 0 Å².